The third kappa shape index (κ3) is 3.94. The van der Waals surface area contributed by atoms with E-state index >= 15 is 0 Å². The van der Waals surface area contributed by atoms with E-state index in [-0.39, 0.29) is 23.4 Å². The van der Waals surface area contributed by atoms with Crippen molar-refractivity contribution in [3.63, 3.8) is 0 Å². The van der Waals surface area contributed by atoms with E-state index in [1.54, 1.807) is 12.1 Å². The summed E-state index contributed by atoms with van der Waals surface area (Å²) < 4.78 is 0. The molecular formula is C20H20N2O3. The first-order chi connectivity index (χ1) is 12.0. The first kappa shape index (κ1) is 16.9. The van der Waals surface area contributed by atoms with Gasteiger partial charge in [0.05, 0.1) is 4.92 Å². The molecule has 5 nitrogen and oxygen atoms in total. The lowest BCUT2D eigenvalue weighted by molar-refractivity contribution is -0.384. The summed E-state index contributed by atoms with van der Waals surface area (Å²) in [7, 11) is 0. The number of carbonyl (C=O) groups excluding carboxylic acids is 1. The van der Waals surface area contributed by atoms with Gasteiger partial charge in [-0.1, -0.05) is 42.0 Å². The Bertz CT molecular complexity index is 797. The summed E-state index contributed by atoms with van der Waals surface area (Å²) in [6, 6.07) is 16.0. The van der Waals surface area contributed by atoms with Crippen LogP contribution < -0.4 is 5.32 Å². The smallest absolute Gasteiger partial charge is 0.269 e. The van der Waals surface area contributed by atoms with E-state index in [1.807, 2.05) is 30.3 Å². The van der Waals surface area contributed by atoms with E-state index in [4.69, 9.17) is 0 Å². The molecule has 2 aromatic rings. The van der Waals surface area contributed by atoms with Gasteiger partial charge in [0, 0.05) is 23.7 Å². The maximum absolute atomic E-state index is 12.8. The maximum Gasteiger partial charge on any atom is 0.269 e. The van der Waals surface area contributed by atoms with E-state index in [1.165, 1.54) is 17.7 Å². The lowest BCUT2D eigenvalue weighted by Crippen LogP contribution is -2.30. The van der Waals surface area contributed by atoms with Crippen LogP contribution in [0.25, 0.3) is 0 Å². The number of hydrogen-bond acceptors (Lipinski definition) is 3. The number of carbonyl (C=O) groups is 1. The van der Waals surface area contributed by atoms with Crippen LogP contribution in [-0.4, -0.2) is 10.8 Å². The SMILES string of the molecule is CC1=CC[C@@H](C(=O)Nc2ccccc2)[C@@H](c2ccc([N+](=O)[O-])cc2)C1. The Balaban J connectivity index is 1.83. The van der Waals surface area contributed by atoms with Crippen LogP contribution >= 0.6 is 0 Å². The third-order valence-electron chi connectivity index (χ3n) is 4.66. The monoisotopic (exact) mass is 336 g/mol. The van der Waals surface area contributed by atoms with Crippen LogP contribution in [0.4, 0.5) is 11.4 Å². The van der Waals surface area contributed by atoms with Gasteiger partial charge in [-0.2, -0.15) is 0 Å². The number of nitrogens with one attached hydrogen (secondary N) is 1. The van der Waals surface area contributed by atoms with Crippen molar-refractivity contribution in [1.82, 2.24) is 0 Å². The Hall–Kier alpha value is -2.95. The molecule has 1 aliphatic carbocycles. The Kier molecular flexibility index (Phi) is 4.93. The summed E-state index contributed by atoms with van der Waals surface area (Å²) in [6.45, 7) is 2.06. The van der Waals surface area contributed by atoms with Crippen LogP contribution in [0, 0.1) is 16.0 Å². The third-order valence-corrected chi connectivity index (χ3v) is 4.66. The summed E-state index contributed by atoms with van der Waals surface area (Å²) in [5.74, 6) is -0.182. The summed E-state index contributed by atoms with van der Waals surface area (Å²) in [6.07, 6.45) is 3.56. The average Bonchev–Trinajstić information content (AvgIpc) is 2.62. The molecule has 0 bridgehead atoms. The number of nitrogens with zero attached hydrogens (tertiary/aromatic N) is 1. The van der Waals surface area contributed by atoms with Crippen molar-refractivity contribution in [3.8, 4) is 0 Å². The standard InChI is InChI=1S/C20H20N2O3/c1-14-7-12-18(20(23)21-16-5-3-2-4-6-16)19(13-14)15-8-10-17(11-9-15)22(24)25/h2-11,18-19H,12-13H2,1H3,(H,21,23)/t18-,19-/m1/s1. The van der Waals surface area contributed by atoms with Gasteiger partial charge >= 0.3 is 0 Å². The summed E-state index contributed by atoms with van der Waals surface area (Å²) in [5, 5.41) is 13.8. The fraction of sp³-hybridized carbons (Fsp3) is 0.250. The molecule has 0 aliphatic heterocycles. The molecule has 0 saturated heterocycles. The van der Waals surface area contributed by atoms with Gasteiger partial charge in [-0.05, 0) is 43.4 Å². The van der Waals surface area contributed by atoms with Crippen molar-refractivity contribution >= 4 is 17.3 Å². The van der Waals surface area contributed by atoms with E-state index < -0.39 is 4.92 Å². The molecule has 0 unspecified atom stereocenters. The molecule has 2 atom stereocenters. The number of hydrogen-bond donors (Lipinski definition) is 1. The Labute approximate surface area is 146 Å². The summed E-state index contributed by atoms with van der Waals surface area (Å²) in [5.41, 5.74) is 3.05. The number of nitro benzene ring substituents is 1. The molecule has 0 radical (unpaired) electrons. The first-order valence-corrected chi connectivity index (χ1v) is 8.30. The number of non-ortho nitro benzene ring substituents is 1. The van der Waals surface area contributed by atoms with Crippen LogP contribution in [0.2, 0.25) is 0 Å². The highest BCUT2D eigenvalue weighted by Gasteiger charge is 2.32. The van der Waals surface area contributed by atoms with E-state index in [0.29, 0.717) is 6.42 Å². The largest absolute Gasteiger partial charge is 0.326 e. The van der Waals surface area contributed by atoms with Crippen LogP contribution in [0.3, 0.4) is 0 Å². The van der Waals surface area contributed by atoms with Gasteiger partial charge in [0.1, 0.15) is 0 Å². The molecule has 0 aromatic heterocycles. The van der Waals surface area contributed by atoms with E-state index in [2.05, 4.69) is 18.3 Å². The number of allylic oxidation sites excluding steroid dienone is 2. The molecular weight excluding hydrogens is 316 g/mol. The zero-order chi connectivity index (χ0) is 17.8. The molecule has 25 heavy (non-hydrogen) atoms. The molecule has 3 rings (SSSR count). The second-order valence-electron chi connectivity index (χ2n) is 6.41. The highest BCUT2D eigenvalue weighted by Crippen LogP contribution is 2.38. The number of para-hydroxylation sites is 1. The maximum atomic E-state index is 12.8. The predicted octanol–water partition coefficient (Wildman–Crippen LogP) is 4.67. The molecule has 1 amide bonds. The Morgan fingerprint density at radius 2 is 1.80 bits per heavy atom. The molecule has 0 saturated carbocycles. The molecule has 128 valence electrons. The van der Waals surface area contributed by atoms with Crippen LogP contribution in [0.5, 0.6) is 0 Å². The second kappa shape index (κ2) is 7.30. The molecule has 0 fully saturated rings. The van der Waals surface area contributed by atoms with E-state index in [9.17, 15) is 14.9 Å². The molecule has 1 N–H and O–H groups in total. The van der Waals surface area contributed by atoms with Crippen LogP contribution in [0.15, 0.2) is 66.2 Å². The van der Waals surface area contributed by atoms with Gasteiger partial charge < -0.3 is 5.32 Å². The van der Waals surface area contributed by atoms with Crippen LogP contribution in [-0.2, 0) is 4.79 Å². The second-order valence-corrected chi connectivity index (χ2v) is 6.41. The van der Waals surface area contributed by atoms with Crippen molar-refractivity contribution in [2.45, 2.75) is 25.7 Å². The van der Waals surface area contributed by atoms with Gasteiger partial charge in [-0.3, -0.25) is 14.9 Å². The predicted molar refractivity (Wildman–Crippen MR) is 97.4 cm³/mol. The van der Waals surface area contributed by atoms with Crippen molar-refractivity contribution in [2.24, 2.45) is 5.92 Å². The number of benzene rings is 2. The van der Waals surface area contributed by atoms with Gasteiger partial charge in [0.15, 0.2) is 0 Å². The number of rotatable bonds is 4. The number of anilines is 1. The number of nitro groups is 1. The zero-order valence-electron chi connectivity index (χ0n) is 14.0. The van der Waals surface area contributed by atoms with Gasteiger partial charge in [-0.25, -0.2) is 0 Å². The fourth-order valence-electron chi connectivity index (χ4n) is 3.30. The topological polar surface area (TPSA) is 72.2 Å². The molecule has 5 heteroatoms. The molecule has 1 aliphatic rings. The summed E-state index contributed by atoms with van der Waals surface area (Å²) >= 11 is 0. The van der Waals surface area contributed by atoms with Crippen molar-refractivity contribution in [3.05, 3.63) is 81.9 Å². The zero-order valence-corrected chi connectivity index (χ0v) is 14.0. The summed E-state index contributed by atoms with van der Waals surface area (Å²) in [4.78, 5) is 23.2. The minimum absolute atomic E-state index is 0.0155. The highest BCUT2D eigenvalue weighted by atomic mass is 16.6. The molecule has 0 heterocycles. The van der Waals surface area contributed by atoms with Crippen molar-refractivity contribution in [1.29, 1.82) is 0 Å². The van der Waals surface area contributed by atoms with E-state index in [0.717, 1.165) is 17.7 Å². The lowest BCUT2D eigenvalue weighted by Gasteiger charge is -2.30. The number of amides is 1. The van der Waals surface area contributed by atoms with Crippen molar-refractivity contribution < 1.29 is 9.72 Å². The highest BCUT2D eigenvalue weighted by molar-refractivity contribution is 5.93. The van der Waals surface area contributed by atoms with Crippen molar-refractivity contribution in [2.75, 3.05) is 5.32 Å². The average molecular weight is 336 g/mol. The minimum atomic E-state index is -0.407. The normalized spacial score (nSPS) is 19.8. The molecule has 2 aromatic carbocycles. The first-order valence-electron chi connectivity index (χ1n) is 8.30. The van der Waals surface area contributed by atoms with Crippen LogP contribution in [0.1, 0.15) is 31.2 Å². The van der Waals surface area contributed by atoms with Gasteiger partial charge in [-0.15, -0.1) is 0 Å². The quantitative estimate of drug-likeness (QED) is 0.501. The van der Waals surface area contributed by atoms with Gasteiger partial charge in [0.2, 0.25) is 5.91 Å². The fourth-order valence-corrected chi connectivity index (χ4v) is 3.30. The Morgan fingerprint density at radius 1 is 1.12 bits per heavy atom. The molecule has 0 spiro atoms. The Morgan fingerprint density at radius 3 is 2.44 bits per heavy atom. The van der Waals surface area contributed by atoms with Gasteiger partial charge in [0.25, 0.3) is 5.69 Å². The minimum Gasteiger partial charge on any atom is -0.326 e. The lowest BCUT2D eigenvalue weighted by atomic mass is 9.75.